The second kappa shape index (κ2) is 7.22. The molecule has 0 aliphatic carbocycles. The maximum atomic E-state index is 13.2. The van der Waals surface area contributed by atoms with Gasteiger partial charge in [0.15, 0.2) is 0 Å². The second-order valence-electron chi connectivity index (χ2n) is 6.22. The number of hydrogen-bond donors (Lipinski definition) is 1. The molecule has 0 spiro atoms. The highest BCUT2D eigenvalue weighted by atomic mass is 32.2. The van der Waals surface area contributed by atoms with Crippen molar-refractivity contribution in [3.63, 3.8) is 0 Å². The van der Waals surface area contributed by atoms with Crippen LogP contribution in [-0.2, 0) is 10.2 Å². The summed E-state index contributed by atoms with van der Waals surface area (Å²) >= 11 is 1.97. The van der Waals surface area contributed by atoms with Gasteiger partial charge in [-0.1, -0.05) is 60.7 Å². The highest BCUT2D eigenvalue weighted by molar-refractivity contribution is 7.99. The van der Waals surface area contributed by atoms with Crippen molar-refractivity contribution in [3.05, 3.63) is 71.8 Å². The van der Waals surface area contributed by atoms with E-state index in [2.05, 4.69) is 5.32 Å². The van der Waals surface area contributed by atoms with Crippen molar-refractivity contribution in [1.29, 1.82) is 0 Å². The zero-order valence-corrected chi connectivity index (χ0v) is 14.3. The molecular weight excluding hydrogens is 302 g/mol. The normalized spacial score (nSPS) is 16.0. The molecule has 23 heavy (non-hydrogen) atoms. The van der Waals surface area contributed by atoms with E-state index in [4.69, 9.17) is 0 Å². The Kier molecular flexibility index (Phi) is 5.06. The lowest BCUT2D eigenvalue weighted by Gasteiger charge is -2.33. The average molecular weight is 325 g/mol. The molecule has 3 rings (SSSR count). The fourth-order valence-corrected chi connectivity index (χ4v) is 4.25. The van der Waals surface area contributed by atoms with Crippen LogP contribution in [0.5, 0.6) is 0 Å². The summed E-state index contributed by atoms with van der Waals surface area (Å²) in [7, 11) is 0. The molecule has 0 bridgehead atoms. The number of carbonyl (C=O) groups excluding carboxylic acids is 1. The van der Waals surface area contributed by atoms with Gasteiger partial charge in [0.25, 0.3) is 0 Å². The van der Waals surface area contributed by atoms with Gasteiger partial charge in [-0.3, -0.25) is 4.79 Å². The number of amides is 1. The Morgan fingerprint density at radius 3 is 1.91 bits per heavy atom. The van der Waals surface area contributed by atoms with E-state index >= 15 is 0 Å². The Balaban J connectivity index is 1.93. The molecule has 0 saturated carbocycles. The van der Waals surface area contributed by atoms with Gasteiger partial charge in [-0.2, -0.15) is 11.8 Å². The molecule has 1 aliphatic heterocycles. The summed E-state index contributed by atoms with van der Waals surface area (Å²) in [5.41, 5.74) is 1.41. The molecule has 1 fully saturated rings. The first-order chi connectivity index (χ1) is 11.2. The van der Waals surface area contributed by atoms with Crippen molar-refractivity contribution < 1.29 is 4.79 Å². The molecule has 1 heterocycles. The van der Waals surface area contributed by atoms with Gasteiger partial charge >= 0.3 is 0 Å². The Morgan fingerprint density at radius 2 is 1.43 bits per heavy atom. The number of rotatable bonds is 4. The van der Waals surface area contributed by atoms with Crippen LogP contribution in [0.15, 0.2) is 60.7 Å². The number of nitrogens with one attached hydrogen (secondary N) is 1. The van der Waals surface area contributed by atoms with Crippen LogP contribution in [0.1, 0.15) is 30.9 Å². The lowest BCUT2D eigenvalue weighted by molar-refractivity contribution is -0.125. The molecule has 2 aromatic rings. The minimum absolute atomic E-state index is 0.104. The molecule has 1 N–H and O–H groups in total. The maximum Gasteiger partial charge on any atom is 0.235 e. The molecule has 120 valence electrons. The highest BCUT2D eigenvalue weighted by Crippen LogP contribution is 2.32. The topological polar surface area (TPSA) is 29.1 Å². The fraction of sp³-hybridized carbons (Fsp3) is 0.350. The molecule has 1 amide bonds. The van der Waals surface area contributed by atoms with E-state index in [9.17, 15) is 4.79 Å². The first-order valence-corrected chi connectivity index (χ1v) is 9.36. The molecule has 2 nitrogen and oxygen atoms in total. The maximum absolute atomic E-state index is 13.2. The molecule has 3 heteroatoms. The summed E-state index contributed by atoms with van der Waals surface area (Å²) in [5, 5.41) is 3.30. The van der Waals surface area contributed by atoms with Crippen LogP contribution in [0.3, 0.4) is 0 Å². The largest absolute Gasteiger partial charge is 0.352 e. The van der Waals surface area contributed by atoms with E-state index in [1.165, 1.54) is 0 Å². The summed E-state index contributed by atoms with van der Waals surface area (Å²) in [6.07, 6.45) is 2.13. The second-order valence-corrected chi connectivity index (χ2v) is 7.44. The van der Waals surface area contributed by atoms with Gasteiger partial charge in [-0.25, -0.2) is 0 Å². The zero-order valence-electron chi connectivity index (χ0n) is 13.5. The third kappa shape index (κ3) is 3.45. The lowest BCUT2D eigenvalue weighted by Crippen LogP contribution is -2.48. The molecule has 1 saturated heterocycles. The molecule has 0 radical (unpaired) electrons. The van der Waals surface area contributed by atoms with Crippen LogP contribution in [0.25, 0.3) is 0 Å². The van der Waals surface area contributed by atoms with Crippen LogP contribution in [-0.4, -0.2) is 23.5 Å². The van der Waals surface area contributed by atoms with Crippen molar-refractivity contribution in [3.8, 4) is 0 Å². The fourth-order valence-electron chi connectivity index (χ4n) is 3.14. The van der Waals surface area contributed by atoms with Gasteiger partial charge in [-0.15, -0.1) is 0 Å². The Morgan fingerprint density at radius 1 is 0.957 bits per heavy atom. The first kappa shape index (κ1) is 16.1. The van der Waals surface area contributed by atoms with Crippen LogP contribution in [0.4, 0.5) is 0 Å². The van der Waals surface area contributed by atoms with Gasteiger partial charge < -0.3 is 5.32 Å². The number of carbonyl (C=O) groups is 1. The van der Waals surface area contributed by atoms with E-state index in [1.807, 2.05) is 79.3 Å². The lowest BCUT2D eigenvalue weighted by atomic mass is 9.75. The minimum Gasteiger partial charge on any atom is -0.352 e. The summed E-state index contributed by atoms with van der Waals surface area (Å²) in [6.45, 7) is 2.03. The third-order valence-corrected chi connectivity index (χ3v) is 5.76. The Hall–Kier alpha value is -1.74. The van der Waals surface area contributed by atoms with E-state index in [0.717, 1.165) is 35.5 Å². The first-order valence-electron chi connectivity index (χ1n) is 8.21. The molecule has 0 unspecified atom stereocenters. The molecule has 0 atom stereocenters. The average Bonchev–Trinajstić information content (AvgIpc) is 2.63. The molecular formula is C20H23NOS. The molecule has 0 aromatic heterocycles. The summed E-state index contributed by atoms with van der Waals surface area (Å²) in [5.74, 6) is 2.38. The van der Waals surface area contributed by atoms with E-state index in [0.29, 0.717) is 6.04 Å². The number of hydrogen-bond acceptors (Lipinski definition) is 2. The van der Waals surface area contributed by atoms with Crippen molar-refractivity contribution in [2.24, 2.45) is 0 Å². The molecule has 1 aliphatic rings. The van der Waals surface area contributed by atoms with Crippen molar-refractivity contribution in [2.75, 3.05) is 11.5 Å². The minimum atomic E-state index is -0.660. The smallest absolute Gasteiger partial charge is 0.235 e. The monoisotopic (exact) mass is 325 g/mol. The Bertz CT molecular complexity index is 596. The van der Waals surface area contributed by atoms with Crippen molar-refractivity contribution >= 4 is 17.7 Å². The standard InChI is InChI=1S/C20H23NOS/c1-20(16-8-4-2-5-9-16,17-10-6-3-7-11-17)19(22)21-18-12-14-23-15-13-18/h2-11,18H,12-15H2,1H3,(H,21,22). The third-order valence-electron chi connectivity index (χ3n) is 4.71. The van der Waals surface area contributed by atoms with Gasteiger partial charge in [0.1, 0.15) is 0 Å². The van der Waals surface area contributed by atoms with Gasteiger partial charge in [0, 0.05) is 6.04 Å². The molecule has 2 aromatic carbocycles. The van der Waals surface area contributed by atoms with Gasteiger partial charge in [0.2, 0.25) is 5.91 Å². The zero-order chi connectivity index (χ0) is 16.1. The van der Waals surface area contributed by atoms with Gasteiger partial charge in [0.05, 0.1) is 5.41 Å². The number of benzene rings is 2. The van der Waals surface area contributed by atoms with Crippen LogP contribution in [0, 0.1) is 0 Å². The highest BCUT2D eigenvalue weighted by Gasteiger charge is 2.37. The van der Waals surface area contributed by atoms with Crippen LogP contribution < -0.4 is 5.32 Å². The number of thioether (sulfide) groups is 1. The van der Waals surface area contributed by atoms with Crippen LogP contribution in [0.2, 0.25) is 0 Å². The van der Waals surface area contributed by atoms with Crippen molar-refractivity contribution in [1.82, 2.24) is 5.32 Å². The van der Waals surface area contributed by atoms with Gasteiger partial charge in [-0.05, 0) is 42.4 Å². The van der Waals surface area contributed by atoms with Crippen molar-refractivity contribution in [2.45, 2.75) is 31.2 Å². The predicted molar refractivity (Wildman–Crippen MR) is 97.8 cm³/mol. The summed E-state index contributed by atoms with van der Waals surface area (Å²) < 4.78 is 0. The predicted octanol–water partition coefficient (Wildman–Crippen LogP) is 4.00. The van der Waals surface area contributed by atoms with Crippen LogP contribution >= 0.6 is 11.8 Å². The summed E-state index contributed by atoms with van der Waals surface area (Å²) in [6, 6.07) is 20.5. The van der Waals surface area contributed by atoms with E-state index < -0.39 is 5.41 Å². The van der Waals surface area contributed by atoms with E-state index in [1.54, 1.807) is 0 Å². The quantitative estimate of drug-likeness (QED) is 0.920. The SMILES string of the molecule is CC(C(=O)NC1CCSCC1)(c1ccccc1)c1ccccc1. The summed E-state index contributed by atoms with van der Waals surface area (Å²) in [4.78, 5) is 13.2. The Labute approximate surface area is 142 Å². The van der Waals surface area contributed by atoms with E-state index in [-0.39, 0.29) is 5.91 Å².